The average molecular weight is 492 g/mol. The van der Waals surface area contributed by atoms with Crippen LogP contribution < -0.4 is 5.32 Å². The maximum atomic E-state index is 13.4. The highest BCUT2D eigenvalue weighted by Gasteiger charge is 2.58. The fourth-order valence-corrected chi connectivity index (χ4v) is 10.8. The van der Waals surface area contributed by atoms with Crippen LogP contribution in [-0.2, 0) is 24.5 Å². The zero-order chi connectivity index (χ0) is 24.4. The molecule has 2 N–H and O–H groups in total. The summed E-state index contributed by atoms with van der Waals surface area (Å²) in [6, 6.07) is 0. The standard InChI is InChI=1S/C23H41NO6S2/c1-6-8-13-24-21(26)22(5,7-2)23(14-25,15-31(27,28)19-11-9-17(19)3)16-32(29,30)20-12-10-18(20)4/h7,17-20,25H,2,6,8-16H2,1,3-5H3,(H,24,26)/t17-,18-,19?,20?,22?,23?/m0/s1. The van der Waals surface area contributed by atoms with Gasteiger partial charge in [-0.3, -0.25) is 4.79 Å². The second-order valence-corrected chi connectivity index (χ2v) is 14.7. The van der Waals surface area contributed by atoms with Crippen LogP contribution in [0.15, 0.2) is 12.7 Å². The number of sulfone groups is 2. The number of amides is 1. The number of hydrogen-bond donors (Lipinski definition) is 2. The molecule has 0 bridgehead atoms. The van der Waals surface area contributed by atoms with Gasteiger partial charge in [-0.25, -0.2) is 16.8 Å². The molecule has 2 aliphatic carbocycles. The molecule has 0 radical (unpaired) electrons. The van der Waals surface area contributed by atoms with E-state index in [1.807, 2.05) is 20.8 Å². The molecule has 186 valence electrons. The molecule has 5 atom stereocenters. The van der Waals surface area contributed by atoms with Crippen LogP contribution in [0, 0.1) is 22.7 Å². The van der Waals surface area contributed by atoms with E-state index in [2.05, 4.69) is 11.9 Å². The minimum atomic E-state index is -3.75. The van der Waals surface area contributed by atoms with Gasteiger partial charge in [0.2, 0.25) is 5.91 Å². The lowest BCUT2D eigenvalue weighted by molar-refractivity contribution is -0.134. The van der Waals surface area contributed by atoms with Crippen LogP contribution >= 0.6 is 0 Å². The van der Waals surface area contributed by atoms with Gasteiger partial charge in [0.25, 0.3) is 0 Å². The molecule has 2 rings (SSSR count). The van der Waals surface area contributed by atoms with Crippen molar-refractivity contribution < 1.29 is 26.7 Å². The molecule has 0 aromatic heterocycles. The molecule has 32 heavy (non-hydrogen) atoms. The van der Waals surface area contributed by atoms with Crippen molar-refractivity contribution in [2.24, 2.45) is 22.7 Å². The zero-order valence-corrected chi connectivity index (χ0v) is 21.6. The SMILES string of the molecule is C=CC(C)(C(=O)NCCCC)C(CO)(CS(=O)(=O)C1CC[C@@H]1C)CS(=O)(=O)C1CC[C@@H]1C. The molecule has 0 spiro atoms. The number of hydrogen-bond acceptors (Lipinski definition) is 6. The summed E-state index contributed by atoms with van der Waals surface area (Å²) in [4.78, 5) is 13.3. The van der Waals surface area contributed by atoms with Crippen molar-refractivity contribution in [1.29, 1.82) is 0 Å². The fraction of sp³-hybridized carbons (Fsp3) is 0.870. The number of rotatable bonds is 13. The van der Waals surface area contributed by atoms with Crippen LogP contribution in [0.2, 0.25) is 0 Å². The Kier molecular flexibility index (Phi) is 8.65. The highest BCUT2D eigenvalue weighted by molar-refractivity contribution is 7.93. The van der Waals surface area contributed by atoms with Gasteiger partial charge in [0.15, 0.2) is 19.7 Å². The molecule has 0 aromatic carbocycles. The topological polar surface area (TPSA) is 118 Å². The third-order valence-corrected chi connectivity index (χ3v) is 13.2. The van der Waals surface area contributed by atoms with Gasteiger partial charge in [-0.15, -0.1) is 6.58 Å². The summed E-state index contributed by atoms with van der Waals surface area (Å²) < 4.78 is 53.5. The van der Waals surface area contributed by atoms with E-state index in [0.717, 1.165) is 25.7 Å². The van der Waals surface area contributed by atoms with E-state index < -0.39 is 65.0 Å². The average Bonchev–Trinajstić information content (AvgIpc) is 2.68. The number of unbranched alkanes of at least 4 members (excludes halogenated alkanes) is 1. The Morgan fingerprint density at radius 1 is 1.03 bits per heavy atom. The first-order valence-electron chi connectivity index (χ1n) is 11.8. The zero-order valence-electron chi connectivity index (χ0n) is 20.0. The van der Waals surface area contributed by atoms with Gasteiger partial charge in [-0.05, 0) is 50.9 Å². The Hall–Kier alpha value is -0.930. The molecule has 0 aliphatic heterocycles. The molecule has 2 aliphatic rings. The normalized spacial score (nSPS) is 29.7. The van der Waals surface area contributed by atoms with Gasteiger partial charge in [0.05, 0.1) is 34.0 Å². The van der Waals surface area contributed by atoms with Gasteiger partial charge in [0, 0.05) is 12.0 Å². The van der Waals surface area contributed by atoms with E-state index in [-0.39, 0.29) is 11.8 Å². The van der Waals surface area contributed by atoms with Crippen molar-refractivity contribution in [3.8, 4) is 0 Å². The van der Waals surface area contributed by atoms with Crippen LogP contribution in [0.5, 0.6) is 0 Å². The Morgan fingerprint density at radius 2 is 1.50 bits per heavy atom. The third-order valence-electron chi connectivity index (χ3n) is 8.06. The predicted molar refractivity (Wildman–Crippen MR) is 128 cm³/mol. The maximum absolute atomic E-state index is 13.4. The Morgan fingerprint density at radius 3 is 1.78 bits per heavy atom. The minimum absolute atomic E-state index is 0.0203. The molecule has 1 amide bonds. The molecule has 2 fully saturated rings. The Balaban J connectivity index is 2.52. The Bertz CT molecular complexity index is 847. The molecular weight excluding hydrogens is 450 g/mol. The molecular formula is C23H41NO6S2. The molecule has 7 nitrogen and oxygen atoms in total. The van der Waals surface area contributed by atoms with E-state index in [1.54, 1.807) is 0 Å². The molecule has 3 unspecified atom stereocenters. The number of carbonyl (C=O) groups excluding carboxylic acids is 1. The van der Waals surface area contributed by atoms with E-state index >= 15 is 0 Å². The number of carbonyl (C=O) groups is 1. The minimum Gasteiger partial charge on any atom is -0.396 e. The lowest BCUT2D eigenvalue weighted by Crippen LogP contribution is -2.60. The highest BCUT2D eigenvalue weighted by atomic mass is 32.2. The maximum Gasteiger partial charge on any atom is 0.230 e. The lowest BCUT2D eigenvalue weighted by Gasteiger charge is -2.47. The first-order chi connectivity index (χ1) is 14.8. The van der Waals surface area contributed by atoms with Gasteiger partial charge in [-0.1, -0.05) is 33.3 Å². The van der Waals surface area contributed by atoms with Crippen LogP contribution in [0.3, 0.4) is 0 Å². The summed E-state index contributed by atoms with van der Waals surface area (Å²) in [7, 11) is -7.49. The van der Waals surface area contributed by atoms with Crippen molar-refractivity contribution in [3.63, 3.8) is 0 Å². The van der Waals surface area contributed by atoms with Gasteiger partial charge < -0.3 is 10.4 Å². The van der Waals surface area contributed by atoms with Gasteiger partial charge in [-0.2, -0.15) is 0 Å². The number of aliphatic hydroxyl groups is 1. The summed E-state index contributed by atoms with van der Waals surface area (Å²) in [5, 5.41) is 12.3. The molecule has 0 aromatic rings. The third kappa shape index (κ3) is 5.09. The number of aliphatic hydroxyl groups excluding tert-OH is 1. The van der Waals surface area contributed by atoms with Crippen molar-refractivity contribution in [1.82, 2.24) is 5.32 Å². The van der Waals surface area contributed by atoms with Crippen molar-refractivity contribution in [2.45, 2.75) is 76.7 Å². The molecule has 2 saturated carbocycles. The fourth-order valence-electron chi connectivity index (χ4n) is 5.03. The summed E-state index contributed by atoms with van der Waals surface area (Å²) in [5.74, 6) is -1.66. The van der Waals surface area contributed by atoms with Gasteiger partial charge in [0.1, 0.15) is 0 Å². The quantitative estimate of drug-likeness (QED) is 0.302. The Labute approximate surface area is 194 Å². The van der Waals surface area contributed by atoms with Crippen LogP contribution in [0.25, 0.3) is 0 Å². The summed E-state index contributed by atoms with van der Waals surface area (Å²) >= 11 is 0. The predicted octanol–water partition coefficient (Wildman–Crippen LogP) is 2.50. The van der Waals surface area contributed by atoms with E-state index in [4.69, 9.17) is 0 Å². The van der Waals surface area contributed by atoms with Gasteiger partial charge >= 0.3 is 0 Å². The van der Waals surface area contributed by atoms with Crippen molar-refractivity contribution in [2.75, 3.05) is 24.7 Å². The largest absolute Gasteiger partial charge is 0.396 e. The highest BCUT2D eigenvalue weighted by Crippen LogP contribution is 2.47. The molecule has 9 heteroatoms. The summed E-state index contributed by atoms with van der Waals surface area (Å²) in [5.41, 5.74) is -3.29. The van der Waals surface area contributed by atoms with E-state index in [1.165, 1.54) is 13.0 Å². The first kappa shape index (κ1) is 27.3. The smallest absolute Gasteiger partial charge is 0.230 e. The van der Waals surface area contributed by atoms with Crippen LogP contribution in [-0.4, -0.2) is 63.0 Å². The second kappa shape index (κ2) is 10.1. The first-order valence-corrected chi connectivity index (χ1v) is 15.2. The van der Waals surface area contributed by atoms with Crippen LogP contribution in [0.4, 0.5) is 0 Å². The van der Waals surface area contributed by atoms with E-state index in [0.29, 0.717) is 19.4 Å². The number of nitrogens with one attached hydrogen (secondary N) is 1. The molecule has 0 saturated heterocycles. The summed E-state index contributed by atoms with van der Waals surface area (Å²) in [6.45, 7) is 10.7. The van der Waals surface area contributed by atoms with E-state index in [9.17, 15) is 26.7 Å². The van der Waals surface area contributed by atoms with Crippen LogP contribution in [0.1, 0.15) is 66.2 Å². The summed E-state index contributed by atoms with van der Waals surface area (Å²) in [6.07, 6.45) is 5.55. The van der Waals surface area contributed by atoms with Crippen molar-refractivity contribution >= 4 is 25.6 Å². The second-order valence-electron chi connectivity index (χ2n) is 10.3. The lowest BCUT2D eigenvalue weighted by atomic mass is 9.66. The van der Waals surface area contributed by atoms with Crippen molar-refractivity contribution in [3.05, 3.63) is 12.7 Å². The molecule has 0 heterocycles. The monoisotopic (exact) mass is 491 g/mol.